The minimum Gasteiger partial charge on any atom is -0.249 e. The molecule has 0 spiro atoms. The summed E-state index contributed by atoms with van der Waals surface area (Å²) >= 11 is 7.58. The maximum Gasteiger partial charge on any atom is 0.129 e. The van der Waals surface area contributed by atoms with E-state index < -0.39 is 0 Å². The first-order valence-electron chi connectivity index (χ1n) is 5.22. The smallest absolute Gasteiger partial charge is 0.129 e. The molecule has 0 radical (unpaired) electrons. The molecule has 2 nitrogen and oxygen atoms in total. The summed E-state index contributed by atoms with van der Waals surface area (Å²) in [7, 11) is 0. The zero-order valence-corrected chi connectivity index (χ0v) is 10.8. The molecule has 2 rings (SSSR count). The number of pyridine rings is 1. The first kappa shape index (κ1) is 11.6. The third-order valence-corrected chi connectivity index (χ3v) is 3.42. The van der Waals surface area contributed by atoms with Crippen molar-refractivity contribution in [3.63, 3.8) is 0 Å². The Labute approximate surface area is 104 Å². The van der Waals surface area contributed by atoms with Crippen LogP contribution in [-0.2, 0) is 6.42 Å². The number of thiazole rings is 1. The van der Waals surface area contributed by atoms with Gasteiger partial charge in [-0.05, 0) is 23.6 Å². The van der Waals surface area contributed by atoms with E-state index in [9.17, 15) is 0 Å². The molecule has 0 saturated heterocycles. The lowest BCUT2D eigenvalue weighted by molar-refractivity contribution is 0.644. The van der Waals surface area contributed by atoms with Gasteiger partial charge in [0.25, 0.3) is 0 Å². The number of hydrogen-bond donors (Lipinski definition) is 0. The molecule has 2 heterocycles. The second kappa shape index (κ2) is 4.93. The molecule has 0 bridgehead atoms. The van der Waals surface area contributed by atoms with Crippen LogP contribution in [0.3, 0.4) is 0 Å². The second-order valence-corrected chi connectivity index (χ2v) is 5.59. The van der Waals surface area contributed by atoms with Gasteiger partial charge in [0.2, 0.25) is 0 Å². The summed E-state index contributed by atoms with van der Waals surface area (Å²) in [6.07, 6.45) is 4.66. The predicted octanol–water partition coefficient (Wildman–Crippen LogP) is 4.06. The number of nitrogens with zero attached hydrogens (tertiary/aromatic N) is 2. The lowest BCUT2D eigenvalue weighted by Gasteiger charge is -1.98. The highest BCUT2D eigenvalue weighted by molar-refractivity contribution is 7.15. The third kappa shape index (κ3) is 2.80. The van der Waals surface area contributed by atoms with Gasteiger partial charge in [0.1, 0.15) is 5.15 Å². The Kier molecular flexibility index (Phi) is 3.56. The van der Waals surface area contributed by atoms with Crippen molar-refractivity contribution in [2.24, 2.45) is 5.92 Å². The maximum atomic E-state index is 5.86. The number of hydrogen-bond acceptors (Lipinski definition) is 3. The van der Waals surface area contributed by atoms with Gasteiger partial charge in [-0.2, -0.15) is 0 Å². The molecule has 0 aliphatic heterocycles. The van der Waals surface area contributed by atoms with E-state index in [4.69, 9.17) is 11.6 Å². The van der Waals surface area contributed by atoms with Crippen molar-refractivity contribution in [3.8, 4) is 10.4 Å². The Morgan fingerprint density at radius 2 is 2.19 bits per heavy atom. The van der Waals surface area contributed by atoms with Crippen LogP contribution in [0, 0.1) is 5.92 Å². The molecular weight excluding hydrogens is 240 g/mol. The van der Waals surface area contributed by atoms with Crippen LogP contribution in [0.1, 0.15) is 18.9 Å². The summed E-state index contributed by atoms with van der Waals surface area (Å²) in [6.45, 7) is 4.40. The number of rotatable bonds is 3. The maximum absolute atomic E-state index is 5.86. The largest absolute Gasteiger partial charge is 0.249 e. The van der Waals surface area contributed by atoms with Crippen molar-refractivity contribution >= 4 is 22.9 Å². The average Bonchev–Trinajstić information content (AvgIpc) is 2.65. The fourth-order valence-electron chi connectivity index (χ4n) is 1.44. The van der Waals surface area contributed by atoms with Crippen LogP contribution in [0.15, 0.2) is 24.5 Å². The molecule has 0 fully saturated rings. The van der Waals surface area contributed by atoms with Crippen molar-refractivity contribution in [3.05, 3.63) is 34.7 Å². The highest BCUT2D eigenvalue weighted by atomic mass is 35.5. The van der Waals surface area contributed by atoms with Crippen LogP contribution >= 0.6 is 22.9 Å². The predicted molar refractivity (Wildman–Crippen MR) is 68.9 cm³/mol. The molecule has 0 N–H and O–H groups in total. The van der Waals surface area contributed by atoms with E-state index >= 15 is 0 Å². The topological polar surface area (TPSA) is 25.8 Å². The Hall–Kier alpha value is -0.930. The van der Waals surface area contributed by atoms with Gasteiger partial charge >= 0.3 is 0 Å². The van der Waals surface area contributed by atoms with E-state index in [1.807, 2.05) is 18.3 Å². The second-order valence-electron chi connectivity index (χ2n) is 4.08. The summed E-state index contributed by atoms with van der Waals surface area (Å²) in [5, 5.41) is 1.70. The Bertz CT molecular complexity index is 479. The van der Waals surface area contributed by atoms with E-state index in [0.29, 0.717) is 11.1 Å². The van der Waals surface area contributed by atoms with Gasteiger partial charge < -0.3 is 0 Å². The number of aromatic nitrogens is 2. The molecule has 0 atom stereocenters. The fourth-order valence-corrected chi connectivity index (χ4v) is 2.74. The summed E-state index contributed by atoms with van der Waals surface area (Å²) in [4.78, 5) is 9.54. The zero-order chi connectivity index (χ0) is 11.5. The van der Waals surface area contributed by atoms with E-state index in [1.54, 1.807) is 17.5 Å². The number of halogens is 1. The normalized spacial score (nSPS) is 11.0. The van der Waals surface area contributed by atoms with Gasteiger partial charge in [0.15, 0.2) is 0 Å². The van der Waals surface area contributed by atoms with Gasteiger partial charge in [-0.1, -0.05) is 25.4 Å². The van der Waals surface area contributed by atoms with Crippen molar-refractivity contribution in [2.45, 2.75) is 20.3 Å². The first-order valence-corrected chi connectivity index (χ1v) is 6.41. The molecule has 0 amide bonds. The molecule has 4 heteroatoms. The van der Waals surface area contributed by atoms with Crippen LogP contribution in [0.5, 0.6) is 0 Å². The molecule has 2 aromatic rings. The van der Waals surface area contributed by atoms with E-state index in [2.05, 4.69) is 23.8 Å². The highest BCUT2D eigenvalue weighted by Gasteiger charge is 2.06. The van der Waals surface area contributed by atoms with Gasteiger partial charge in [0, 0.05) is 18.8 Å². The lowest BCUT2D eigenvalue weighted by atomic mass is 10.1. The van der Waals surface area contributed by atoms with Crippen molar-refractivity contribution in [1.29, 1.82) is 0 Å². The van der Waals surface area contributed by atoms with E-state index in [-0.39, 0.29) is 0 Å². The van der Waals surface area contributed by atoms with Gasteiger partial charge in [-0.25, -0.2) is 9.97 Å². The van der Waals surface area contributed by atoms with Crippen LogP contribution in [-0.4, -0.2) is 9.97 Å². The lowest BCUT2D eigenvalue weighted by Crippen LogP contribution is -1.91. The first-order chi connectivity index (χ1) is 7.65. The Morgan fingerprint density at radius 1 is 1.38 bits per heavy atom. The molecule has 2 aromatic heterocycles. The van der Waals surface area contributed by atoms with Gasteiger partial charge in [0.05, 0.1) is 9.88 Å². The van der Waals surface area contributed by atoms with Crippen molar-refractivity contribution in [1.82, 2.24) is 9.97 Å². The van der Waals surface area contributed by atoms with Gasteiger partial charge in [-0.15, -0.1) is 11.3 Å². The van der Waals surface area contributed by atoms with Crippen LogP contribution in [0.4, 0.5) is 0 Å². The van der Waals surface area contributed by atoms with Crippen LogP contribution in [0.2, 0.25) is 5.15 Å². The highest BCUT2D eigenvalue weighted by Crippen LogP contribution is 2.28. The van der Waals surface area contributed by atoms with E-state index in [0.717, 1.165) is 16.9 Å². The summed E-state index contributed by atoms with van der Waals surface area (Å²) in [6, 6.07) is 3.83. The van der Waals surface area contributed by atoms with Crippen LogP contribution < -0.4 is 0 Å². The zero-order valence-electron chi connectivity index (χ0n) is 9.27. The standard InChI is InChI=1S/C12H13ClN2S/c1-8(2)5-12-15-7-10(16-12)9-3-4-14-11(13)6-9/h3-4,6-8H,5H2,1-2H3. The van der Waals surface area contributed by atoms with Crippen molar-refractivity contribution in [2.75, 3.05) is 0 Å². The van der Waals surface area contributed by atoms with Gasteiger partial charge in [-0.3, -0.25) is 0 Å². The third-order valence-electron chi connectivity index (χ3n) is 2.15. The Morgan fingerprint density at radius 3 is 2.88 bits per heavy atom. The molecule has 0 aliphatic rings. The minimum atomic E-state index is 0.524. The van der Waals surface area contributed by atoms with Crippen molar-refractivity contribution < 1.29 is 0 Å². The summed E-state index contributed by atoms with van der Waals surface area (Å²) in [5.74, 6) is 0.639. The molecule has 0 aromatic carbocycles. The quantitative estimate of drug-likeness (QED) is 0.770. The minimum absolute atomic E-state index is 0.524. The molecule has 0 unspecified atom stereocenters. The molecule has 16 heavy (non-hydrogen) atoms. The van der Waals surface area contributed by atoms with E-state index in [1.165, 1.54) is 5.01 Å². The Balaban J connectivity index is 2.24. The molecule has 84 valence electrons. The average molecular weight is 253 g/mol. The summed E-state index contributed by atoms with van der Waals surface area (Å²) < 4.78 is 0. The fraction of sp³-hybridized carbons (Fsp3) is 0.333. The molecule has 0 aliphatic carbocycles. The molecular formula is C12H13ClN2S. The van der Waals surface area contributed by atoms with Crippen LogP contribution in [0.25, 0.3) is 10.4 Å². The monoisotopic (exact) mass is 252 g/mol. The SMILES string of the molecule is CC(C)Cc1ncc(-c2ccnc(Cl)c2)s1. The summed E-state index contributed by atoms with van der Waals surface area (Å²) in [5.41, 5.74) is 1.09. The molecule has 0 saturated carbocycles.